The van der Waals surface area contributed by atoms with Gasteiger partial charge in [0, 0.05) is 25.7 Å². The van der Waals surface area contributed by atoms with Gasteiger partial charge in [-0.15, -0.1) is 0 Å². The van der Waals surface area contributed by atoms with E-state index < -0.39 is 97.5 Å². The summed E-state index contributed by atoms with van der Waals surface area (Å²) in [6, 6.07) is 0. The quantitative estimate of drug-likeness (QED) is 0.0222. The molecule has 0 radical (unpaired) electrons. The standard InChI is InChI=1S/C48H92O17P2/c1-5-9-13-17-20-21-23-27-31-35-48(53)65-44(39-59-46(51)33-29-26-22-18-14-10-6-2)41-63-67(56,57)61-37-42(49)36-60-66(54,55)62-40-43(64-47(52)34-30-24-16-12-8-4)38-58-45(50)32-28-25-19-15-11-7-3/h42-44,49H,5-41H2,1-4H3,(H,54,55)(H,56,57)/t42-,43+,44+/m0/s1. The summed E-state index contributed by atoms with van der Waals surface area (Å²) in [7, 11) is -9.83. The van der Waals surface area contributed by atoms with Crippen molar-refractivity contribution in [3.8, 4) is 0 Å². The minimum atomic E-state index is -4.92. The molecule has 0 aliphatic carbocycles. The van der Waals surface area contributed by atoms with Crippen molar-refractivity contribution in [2.75, 3.05) is 39.6 Å². The average Bonchev–Trinajstić information content (AvgIpc) is 3.29. The molecule has 0 aromatic carbocycles. The van der Waals surface area contributed by atoms with E-state index in [9.17, 15) is 43.2 Å². The number of phosphoric acid groups is 2. The average molecular weight is 1000 g/mol. The van der Waals surface area contributed by atoms with Crippen molar-refractivity contribution < 1.29 is 80.2 Å². The minimum absolute atomic E-state index is 0.0990. The maximum Gasteiger partial charge on any atom is 0.472 e. The minimum Gasteiger partial charge on any atom is -0.462 e. The topological polar surface area (TPSA) is 237 Å². The predicted molar refractivity (Wildman–Crippen MR) is 257 cm³/mol. The van der Waals surface area contributed by atoms with Gasteiger partial charge in [0.1, 0.15) is 19.3 Å². The van der Waals surface area contributed by atoms with Crippen LogP contribution in [0, 0.1) is 0 Å². The van der Waals surface area contributed by atoms with E-state index in [1.54, 1.807) is 0 Å². The fraction of sp³-hybridized carbons (Fsp3) is 0.917. The molecule has 0 aliphatic rings. The molecule has 17 nitrogen and oxygen atoms in total. The lowest BCUT2D eigenvalue weighted by Crippen LogP contribution is -2.30. The third-order valence-corrected chi connectivity index (χ3v) is 12.8. The fourth-order valence-corrected chi connectivity index (χ4v) is 8.38. The second kappa shape index (κ2) is 44.0. The Balaban J connectivity index is 5.14. The number of aliphatic hydroxyl groups excluding tert-OH is 1. The van der Waals surface area contributed by atoms with E-state index in [1.807, 2.05) is 0 Å². The molecular formula is C48H92O17P2. The van der Waals surface area contributed by atoms with Crippen molar-refractivity contribution in [1.29, 1.82) is 0 Å². The zero-order valence-electron chi connectivity index (χ0n) is 41.8. The molecule has 0 spiro atoms. The summed E-state index contributed by atoms with van der Waals surface area (Å²) in [5, 5.41) is 10.4. The molecule has 0 rings (SSSR count). The number of carbonyl (C=O) groups is 4. The van der Waals surface area contributed by atoms with Crippen molar-refractivity contribution in [2.24, 2.45) is 0 Å². The van der Waals surface area contributed by atoms with Gasteiger partial charge in [0.15, 0.2) is 12.2 Å². The van der Waals surface area contributed by atoms with Crippen LogP contribution < -0.4 is 0 Å². The zero-order chi connectivity index (χ0) is 49.9. The monoisotopic (exact) mass is 1000 g/mol. The lowest BCUT2D eigenvalue weighted by molar-refractivity contribution is -0.161. The third-order valence-electron chi connectivity index (χ3n) is 10.9. The summed E-state index contributed by atoms with van der Waals surface area (Å²) in [6.07, 6.45) is 23.3. The van der Waals surface area contributed by atoms with Crippen LogP contribution in [0.25, 0.3) is 0 Å². The van der Waals surface area contributed by atoms with Crippen molar-refractivity contribution in [2.45, 2.75) is 245 Å². The normalized spacial score (nSPS) is 14.7. The Labute approximate surface area is 403 Å². The first-order chi connectivity index (χ1) is 32.2. The lowest BCUT2D eigenvalue weighted by Gasteiger charge is -2.21. The van der Waals surface area contributed by atoms with Crippen LogP contribution >= 0.6 is 15.6 Å². The second-order valence-corrected chi connectivity index (χ2v) is 20.4. The Morgan fingerprint density at radius 3 is 0.881 bits per heavy atom. The van der Waals surface area contributed by atoms with Crippen LogP contribution in [-0.2, 0) is 65.4 Å². The van der Waals surface area contributed by atoms with Gasteiger partial charge in [-0.1, -0.05) is 175 Å². The molecule has 67 heavy (non-hydrogen) atoms. The number of unbranched alkanes of at least 4 members (excludes halogenated alkanes) is 23. The summed E-state index contributed by atoms with van der Waals surface area (Å²) in [4.78, 5) is 70.8. The lowest BCUT2D eigenvalue weighted by atomic mass is 10.1. The van der Waals surface area contributed by atoms with Crippen LogP contribution in [0.5, 0.6) is 0 Å². The second-order valence-electron chi connectivity index (χ2n) is 17.5. The first kappa shape index (κ1) is 65.1. The zero-order valence-corrected chi connectivity index (χ0v) is 43.6. The van der Waals surface area contributed by atoms with E-state index >= 15 is 0 Å². The molecule has 396 valence electrons. The first-order valence-corrected chi connectivity index (χ1v) is 28.8. The van der Waals surface area contributed by atoms with Crippen LogP contribution in [0.2, 0.25) is 0 Å². The molecule has 0 heterocycles. The van der Waals surface area contributed by atoms with E-state index in [2.05, 4.69) is 27.7 Å². The van der Waals surface area contributed by atoms with Gasteiger partial charge >= 0.3 is 39.5 Å². The van der Waals surface area contributed by atoms with Crippen molar-refractivity contribution in [1.82, 2.24) is 0 Å². The van der Waals surface area contributed by atoms with Crippen molar-refractivity contribution >= 4 is 39.5 Å². The van der Waals surface area contributed by atoms with Gasteiger partial charge in [-0.3, -0.25) is 37.3 Å². The Morgan fingerprint density at radius 2 is 0.597 bits per heavy atom. The van der Waals surface area contributed by atoms with Crippen LogP contribution in [-0.4, -0.2) is 96.7 Å². The van der Waals surface area contributed by atoms with Gasteiger partial charge in [-0.25, -0.2) is 9.13 Å². The summed E-state index contributed by atoms with van der Waals surface area (Å²) < 4.78 is 66.8. The highest BCUT2D eigenvalue weighted by Crippen LogP contribution is 2.45. The van der Waals surface area contributed by atoms with E-state index in [0.29, 0.717) is 25.7 Å². The molecule has 0 fully saturated rings. The number of aliphatic hydroxyl groups is 1. The van der Waals surface area contributed by atoms with Gasteiger partial charge < -0.3 is 33.8 Å². The number of esters is 4. The van der Waals surface area contributed by atoms with Crippen molar-refractivity contribution in [3.63, 3.8) is 0 Å². The number of phosphoric ester groups is 2. The maximum atomic E-state index is 12.8. The van der Waals surface area contributed by atoms with Gasteiger partial charge in [-0.05, 0) is 25.7 Å². The Bertz CT molecular complexity index is 1340. The van der Waals surface area contributed by atoms with Gasteiger partial charge in [0.2, 0.25) is 0 Å². The highest BCUT2D eigenvalue weighted by Gasteiger charge is 2.30. The molecule has 5 atom stereocenters. The molecule has 19 heteroatoms. The number of carbonyl (C=O) groups excluding carboxylic acids is 4. The molecule has 0 aromatic rings. The molecule has 0 bridgehead atoms. The Kier molecular flexibility index (Phi) is 42.8. The van der Waals surface area contributed by atoms with E-state index in [-0.39, 0.29) is 25.7 Å². The van der Waals surface area contributed by atoms with Gasteiger partial charge in [-0.2, -0.15) is 0 Å². The SMILES string of the molecule is CCCCCCCCCCCC(=O)O[C@H](COC(=O)CCCCCCCCC)COP(=O)(O)OC[C@@H](O)COP(=O)(O)OC[C@@H](COC(=O)CCCCCCCC)OC(=O)CCCCCCC. The molecular weight excluding hydrogens is 910 g/mol. The molecule has 0 amide bonds. The Hall–Kier alpha value is -1.94. The van der Waals surface area contributed by atoms with Crippen LogP contribution in [0.15, 0.2) is 0 Å². The number of hydrogen-bond acceptors (Lipinski definition) is 15. The highest BCUT2D eigenvalue weighted by molar-refractivity contribution is 7.47. The third kappa shape index (κ3) is 43.8. The van der Waals surface area contributed by atoms with E-state index in [4.69, 9.17) is 37.0 Å². The first-order valence-electron chi connectivity index (χ1n) is 25.8. The van der Waals surface area contributed by atoms with Gasteiger partial charge in [0.05, 0.1) is 26.4 Å². The number of hydrogen-bond donors (Lipinski definition) is 3. The van der Waals surface area contributed by atoms with Crippen LogP contribution in [0.1, 0.15) is 227 Å². The number of ether oxygens (including phenoxy) is 4. The van der Waals surface area contributed by atoms with E-state index in [0.717, 1.165) is 116 Å². The maximum absolute atomic E-state index is 12.8. The van der Waals surface area contributed by atoms with Crippen LogP contribution in [0.3, 0.4) is 0 Å². The van der Waals surface area contributed by atoms with Crippen molar-refractivity contribution in [3.05, 3.63) is 0 Å². The van der Waals surface area contributed by atoms with E-state index in [1.165, 1.54) is 32.1 Å². The highest BCUT2D eigenvalue weighted by atomic mass is 31.2. The summed E-state index contributed by atoms with van der Waals surface area (Å²) >= 11 is 0. The summed E-state index contributed by atoms with van der Waals surface area (Å²) in [5.74, 6) is -2.18. The molecule has 2 unspecified atom stereocenters. The predicted octanol–water partition coefficient (Wildman–Crippen LogP) is 11.7. The number of rotatable bonds is 49. The molecule has 0 aliphatic heterocycles. The fourth-order valence-electron chi connectivity index (χ4n) is 6.80. The smallest absolute Gasteiger partial charge is 0.462 e. The summed E-state index contributed by atoms with van der Waals surface area (Å²) in [6.45, 7) is 4.55. The largest absolute Gasteiger partial charge is 0.472 e. The van der Waals surface area contributed by atoms with Crippen LogP contribution in [0.4, 0.5) is 0 Å². The Morgan fingerprint density at radius 1 is 0.358 bits per heavy atom. The summed E-state index contributed by atoms with van der Waals surface area (Å²) in [5.41, 5.74) is 0. The molecule has 3 N–H and O–H groups in total. The van der Waals surface area contributed by atoms with Gasteiger partial charge in [0.25, 0.3) is 0 Å². The molecule has 0 saturated heterocycles. The molecule has 0 aromatic heterocycles. The molecule has 0 saturated carbocycles.